The molecule has 0 aliphatic heterocycles. The molecule has 1 aliphatic carbocycles. The molecule has 0 saturated carbocycles. The van der Waals surface area contributed by atoms with Gasteiger partial charge in [0.1, 0.15) is 11.6 Å². The highest BCUT2D eigenvalue weighted by molar-refractivity contribution is 5.41. The number of nitrogens with zero attached hydrogens (tertiary/aromatic N) is 2. The van der Waals surface area contributed by atoms with Crippen LogP contribution in [0.1, 0.15) is 35.0 Å². The summed E-state index contributed by atoms with van der Waals surface area (Å²) < 4.78 is 0. The fraction of sp³-hybridized carbons (Fsp3) is 0.333. The summed E-state index contributed by atoms with van der Waals surface area (Å²) in [6.45, 7) is 2.02. The third kappa shape index (κ3) is 1.86. The zero-order valence-electron chi connectivity index (χ0n) is 10.8. The lowest BCUT2D eigenvalue weighted by atomic mass is 10.0. The van der Waals surface area contributed by atoms with Crippen LogP contribution in [0.5, 0.6) is 0 Å². The maximum Gasteiger partial charge on any atom is 0.138 e. The highest BCUT2D eigenvalue weighted by Gasteiger charge is 2.26. The van der Waals surface area contributed by atoms with Gasteiger partial charge in [-0.2, -0.15) is 0 Å². The minimum atomic E-state index is 0.355. The van der Waals surface area contributed by atoms with Gasteiger partial charge in [-0.05, 0) is 30.9 Å². The van der Waals surface area contributed by atoms with Crippen LogP contribution in [-0.2, 0) is 6.42 Å². The van der Waals surface area contributed by atoms with Crippen molar-refractivity contribution in [3.05, 3.63) is 53.0 Å². The molecule has 3 nitrogen and oxygen atoms in total. The van der Waals surface area contributed by atoms with Gasteiger partial charge < -0.3 is 5.32 Å². The van der Waals surface area contributed by atoms with Gasteiger partial charge >= 0.3 is 0 Å². The first-order valence-electron chi connectivity index (χ1n) is 6.39. The molecule has 1 heterocycles. The number of benzene rings is 1. The van der Waals surface area contributed by atoms with E-state index >= 15 is 0 Å². The summed E-state index contributed by atoms with van der Waals surface area (Å²) in [6.07, 6.45) is 2.25. The van der Waals surface area contributed by atoms with Crippen molar-refractivity contribution in [2.45, 2.75) is 25.7 Å². The Labute approximate surface area is 107 Å². The van der Waals surface area contributed by atoms with Crippen molar-refractivity contribution in [1.29, 1.82) is 0 Å². The third-order valence-corrected chi connectivity index (χ3v) is 3.57. The van der Waals surface area contributed by atoms with E-state index < -0.39 is 0 Å². The van der Waals surface area contributed by atoms with E-state index in [0.29, 0.717) is 5.92 Å². The largest absolute Gasteiger partial charge is 0.373 e. The number of fused-ring (bicyclic) bond motifs is 1. The van der Waals surface area contributed by atoms with E-state index in [1.807, 2.05) is 20.0 Å². The first-order valence-corrected chi connectivity index (χ1v) is 6.39. The highest BCUT2D eigenvalue weighted by atomic mass is 15.0. The second kappa shape index (κ2) is 4.41. The fourth-order valence-corrected chi connectivity index (χ4v) is 2.70. The third-order valence-electron chi connectivity index (χ3n) is 3.57. The summed E-state index contributed by atoms with van der Waals surface area (Å²) >= 11 is 0. The lowest BCUT2D eigenvalue weighted by molar-refractivity contribution is 0.725. The average Bonchev–Trinajstić information content (AvgIpc) is 2.81. The Morgan fingerprint density at radius 3 is 2.89 bits per heavy atom. The van der Waals surface area contributed by atoms with Gasteiger partial charge in [0.2, 0.25) is 0 Å². The van der Waals surface area contributed by atoms with Gasteiger partial charge in [0.15, 0.2) is 0 Å². The molecule has 0 amide bonds. The monoisotopic (exact) mass is 239 g/mol. The number of nitrogens with one attached hydrogen (secondary N) is 1. The van der Waals surface area contributed by atoms with Crippen LogP contribution < -0.4 is 5.32 Å². The number of hydrogen-bond acceptors (Lipinski definition) is 3. The zero-order valence-corrected chi connectivity index (χ0v) is 10.8. The molecule has 0 fully saturated rings. The molecule has 3 rings (SSSR count). The maximum absolute atomic E-state index is 4.61. The summed E-state index contributed by atoms with van der Waals surface area (Å²) in [4.78, 5) is 9.22. The van der Waals surface area contributed by atoms with Gasteiger partial charge in [-0.1, -0.05) is 24.3 Å². The Morgan fingerprint density at radius 2 is 2.06 bits per heavy atom. The second-order valence-corrected chi connectivity index (χ2v) is 4.79. The summed E-state index contributed by atoms with van der Waals surface area (Å²) in [5, 5.41) is 3.10. The normalized spacial score (nSPS) is 17.6. The minimum absolute atomic E-state index is 0.355. The first kappa shape index (κ1) is 11.2. The Balaban J connectivity index is 2.04. The van der Waals surface area contributed by atoms with E-state index in [1.54, 1.807) is 0 Å². The van der Waals surface area contributed by atoms with E-state index in [2.05, 4.69) is 39.6 Å². The molecule has 1 aliphatic rings. The summed E-state index contributed by atoms with van der Waals surface area (Å²) in [5.74, 6) is 2.21. The summed E-state index contributed by atoms with van der Waals surface area (Å²) in [6, 6.07) is 10.6. The van der Waals surface area contributed by atoms with Crippen molar-refractivity contribution in [3.63, 3.8) is 0 Å². The quantitative estimate of drug-likeness (QED) is 0.875. The number of anilines is 1. The molecule has 0 radical (unpaired) electrons. The van der Waals surface area contributed by atoms with Gasteiger partial charge in [-0.3, -0.25) is 0 Å². The Hall–Kier alpha value is -1.90. The van der Waals surface area contributed by atoms with Crippen LogP contribution in [0, 0.1) is 6.92 Å². The standard InChI is InChI=1S/C15H17N3/c1-10-9-14(16-2)18-15(17-10)13-8-7-11-5-3-4-6-12(11)13/h3-6,9,13H,7-8H2,1-2H3,(H,16,17,18). The minimum Gasteiger partial charge on any atom is -0.373 e. The molecular formula is C15H17N3. The van der Waals surface area contributed by atoms with Gasteiger partial charge in [-0.25, -0.2) is 9.97 Å². The topological polar surface area (TPSA) is 37.8 Å². The van der Waals surface area contributed by atoms with Crippen molar-refractivity contribution in [1.82, 2.24) is 9.97 Å². The van der Waals surface area contributed by atoms with E-state index in [9.17, 15) is 0 Å². The van der Waals surface area contributed by atoms with Crippen molar-refractivity contribution in [2.75, 3.05) is 12.4 Å². The summed E-state index contributed by atoms with van der Waals surface area (Å²) in [5.41, 5.74) is 3.86. The van der Waals surface area contributed by atoms with Crippen LogP contribution in [0.25, 0.3) is 0 Å². The van der Waals surface area contributed by atoms with Crippen LogP contribution in [0.4, 0.5) is 5.82 Å². The second-order valence-electron chi connectivity index (χ2n) is 4.79. The lowest BCUT2D eigenvalue weighted by Crippen LogP contribution is -2.06. The van der Waals surface area contributed by atoms with E-state index in [-0.39, 0.29) is 0 Å². The Morgan fingerprint density at radius 1 is 1.22 bits per heavy atom. The van der Waals surface area contributed by atoms with Crippen molar-refractivity contribution in [2.24, 2.45) is 0 Å². The number of hydrogen-bond donors (Lipinski definition) is 1. The van der Waals surface area contributed by atoms with Crippen molar-refractivity contribution in [3.8, 4) is 0 Å². The molecule has 1 N–H and O–H groups in total. The predicted octanol–water partition coefficient (Wildman–Crippen LogP) is 2.90. The molecule has 0 saturated heterocycles. The molecule has 3 heteroatoms. The van der Waals surface area contributed by atoms with Gasteiger partial charge in [0.25, 0.3) is 0 Å². The lowest BCUT2D eigenvalue weighted by Gasteiger charge is -2.12. The van der Waals surface area contributed by atoms with Crippen molar-refractivity contribution < 1.29 is 0 Å². The summed E-state index contributed by atoms with van der Waals surface area (Å²) in [7, 11) is 1.90. The van der Waals surface area contributed by atoms with E-state index in [0.717, 1.165) is 30.2 Å². The molecule has 1 aromatic carbocycles. The smallest absolute Gasteiger partial charge is 0.138 e. The van der Waals surface area contributed by atoms with Crippen LogP contribution in [0.2, 0.25) is 0 Å². The fourth-order valence-electron chi connectivity index (χ4n) is 2.70. The number of rotatable bonds is 2. The Kier molecular flexibility index (Phi) is 2.74. The molecule has 92 valence electrons. The first-order chi connectivity index (χ1) is 8.78. The molecule has 1 unspecified atom stereocenters. The predicted molar refractivity (Wildman–Crippen MR) is 72.9 cm³/mol. The molecule has 1 atom stereocenters. The van der Waals surface area contributed by atoms with Crippen molar-refractivity contribution >= 4 is 5.82 Å². The molecule has 1 aromatic heterocycles. The van der Waals surface area contributed by atoms with Crippen LogP contribution in [0.3, 0.4) is 0 Å². The van der Waals surface area contributed by atoms with Crippen LogP contribution >= 0.6 is 0 Å². The SMILES string of the molecule is CNc1cc(C)nc(C2CCc3ccccc32)n1. The van der Waals surface area contributed by atoms with Gasteiger partial charge in [0.05, 0.1) is 0 Å². The molecule has 0 bridgehead atoms. The molecule has 2 aromatic rings. The van der Waals surface area contributed by atoms with E-state index in [1.165, 1.54) is 11.1 Å². The van der Waals surface area contributed by atoms with Gasteiger partial charge in [0, 0.05) is 24.7 Å². The molecule has 0 spiro atoms. The van der Waals surface area contributed by atoms with Crippen LogP contribution in [-0.4, -0.2) is 17.0 Å². The molecule has 18 heavy (non-hydrogen) atoms. The number of aromatic nitrogens is 2. The zero-order chi connectivity index (χ0) is 12.5. The molecular weight excluding hydrogens is 222 g/mol. The van der Waals surface area contributed by atoms with E-state index in [4.69, 9.17) is 0 Å². The highest BCUT2D eigenvalue weighted by Crippen LogP contribution is 2.36. The van der Waals surface area contributed by atoms with Crippen LogP contribution in [0.15, 0.2) is 30.3 Å². The Bertz CT molecular complexity index is 578. The number of aryl methyl sites for hydroxylation is 2. The van der Waals surface area contributed by atoms with Gasteiger partial charge in [-0.15, -0.1) is 0 Å². The average molecular weight is 239 g/mol. The maximum atomic E-state index is 4.61.